The van der Waals surface area contributed by atoms with Gasteiger partial charge in [-0.2, -0.15) is 4.31 Å². The first-order valence-corrected chi connectivity index (χ1v) is 12.0. The Bertz CT molecular complexity index is 1080. The molecule has 1 fully saturated rings. The fourth-order valence-electron chi connectivity index (χ4n) is 4.35. The summed E-state index contributed by atoms with van der Waals surface area (Å²) >= 11 is 0. The summed E-state index contributed by atoms with van der Waals surface area (Å²) in [6.45, 7) is 2.02. The van der Waals surface area contributed by atoms with E-state index in [0.29, 0.717) is 12.8 Å². The minimum absolute atomic E-state index is 0.123. The van der Waals surface area contributed by atoms with E-state index in [2.05, 4.69) is 11.4 Å². The lowest BCUT2D eigenvalue weighted by molar-refractivity contribution is -0.125. The Kier molecular flexibility index (Phi) is 6.15. The number of benzene rings is 1. The number of carbonyl (C=O) groups excluding carboxylic acids is 2. The SMILES string of the molecule is CCOC(=O)c1ccc(S(=O)(=O)N2CCC[C@H]2C(=O)N[C@@H]2CCCc3ccccc32)o1. The molecular weight excluding hydrogens is 420 g/mol. The maximum atomic E-state index is 13.1. The Morgan fingerprint density at radius 1 is 1.16 bits per heavy atom. The zero-order valence-corrected chi connectivity index (χ0v) is 18.2. The standard InChI is InChI=1S/C22H26N2O6S/c1-2-29-22(26)19-12-13-20(30-19)31(27,28)24-14-6-11-18(24)21(25)23-17-10-5-8-15-7-3-4-9-16(15)17/h3-4,7,9,12-13,17-18H,2,5-6,8,10-11,14H2,1H3,(H,23,25)/t17-,18+/m1/s1. The van der Waals surface area contributed by atoms with Crippen molar-refractivity contribution in [3.8, 4) is 0 Å². The van der Waals surface area contributed by atoms with Crippen molar-refractivity contribution in [2.75, 3.05) is 13.2 Å². The van der Waals surface area contributed by atoms with Crippen LogP contribution in [0.15, 0.2) is 45.9 Å². The summed E-state index contributed by atoms with van der Waals surface area (Å²) in [7, 11) is -4.06. The van der Waals surface area contributed by atoms with Gasteiger partial charge in [-0.05, 0) is 62.3 Å². The Morgan fingerprint density at radius 2 is 1.97 bits per heavy atom. The van der Waals surface area contributed by atoms with E-state index in [9.17, 15) is 18.0 Å². The third kappa shape index (κ3) is 4.24. The van der Waals surface area contributed by atoms with Crippen LogP contribution in [0.1, 0.15) is 60.3 Å². The van der Waals surface area contributed by atoms with Crippen molar-refractivity contribution < 1.29 is 27.2 Å². The number of sulfonamides is 1. The van der Waals surface area contributed by atoms with Crippen LogP contribution in [0.3, 0.4) is 0 Å². The van der Waals surface area contributed by atoms with Gasteiger partial charge in [0, 0.05) is 6.54 Å². The van der Waals surface area contributed by atoms with Gasteiger partial charge < -0.3 is 14.5 Å². The minimum atomic E-state index is -4.06. The molecule has 1 aromatic heterocycles. The summed E-state index contributed by atoms with van der Waals surface area (Å²) in [5, 5.41) is 2.70. The summed E-state index contributed by atoms with van der Waals surface area (Å²) in [6, 6.07) is 9.59. The smallest absolute Gasteiger partial charge is 0.374 e. The Morgan fingerprint density at radius 3 is 2.77 bits per heavy atom. The Hall–Kier alpha value is -2.65. The highest BCUT2D eigenvalue weighted by Crippen LogP contribution is 2.32. The van der Waals surface area contributed by atoms with E-state index < -0.39 is 22.0 Å². The molecular formula is C22H26N2O6S. The average molecular weight is 447 g/mol. The fraction of sp³-hybridized carbons (Fsp3) is 0.455. The Balaban J connectivity index is 1.51. The highest BCUT2D eigenvalue weighted by Gasteiger charge is 2.42. The van der Waals surface area contributed by atoms with Gasteiger partial charge in [0.15, 0.2) is 0 Å². The van der Waals surface area contributed by atoms with Gasteiger partial charge in [0.1, 0.15) is 6.04 Å². The van der Waals surface area contributed by atoms with Gasteiger partial charge in [-0.3, -0.25) is 4.79 Å². The number of aryl methyl sites for hydroxylation is 1. The summed E-state index contributed by atoms with van der Waals surface area (Å²) < 4.78 is 37.5. The van der Waals surface area contributed by atoms with Gasteiger partial charge in [-0.1, -0.05) is 24.3 Å². The molecule has 0 bridgehead atoms. The lowest BCUT2D eigenvalue weighted by Gasteiger charge is -2.29. The van der Waals surface area contributed by atoms with E-state index in [4.69, 9.17) is 9.15 Å². The van der Waals surface area contributed by atoms with Crippen LogP contribution >= 0.6 is 0 Å². The monoisotopic (exact) mass is 446 g/mol. The highest BCUT2D eigenvalue weighted by atomic mass is 32.2. The van der Waals surface area contributed by atoms with Crippen LogP contribution in [-0.2, 0) is 26.0 Å². The quantitative estimate of drug-likeness (QED) is 0.684. The van der Waals surface area contributed by atoms with Crippen LogP contribution < -0.4 is 5.32 Å². The summed E-state index contributed by atoms with van der Waals surface area (Å²) in [5.74, 6) is -1.21. The molecule has 8 nitrogen and oxygen atoms in total. The number of amides is 1. The van der Waals surface area contributed by atoms with Gasteiger partial charge in [0.2, 0.25) is 16.8 Å². The largest absolute Gasteiger partial charge is 0.460 e. The summed E-state index contributed by atoms with van der Waals surface area (Å²) in [5.41, 5.74) is 2.32. The number of furan rings is 1. The molecule has 31 heavy (non-hydrogen) atoms. The van der Waals surface area contributed by atoms with Crippen LogP contribution in [0.5, 0.6) is 0 Å². The van der Waals surface area contributed by atoms with E-state index in [1.807, 2.05) is 18.2 Å². The number of carbonyl (C=O) groups is 2. The van der Waals surface area contributed by atoms with E-state index in [1.54, 1.807) is 6.92 Å². The molecule has 2 aromatic rings. The highest BCUT2D eigenvalue weighted by molar-refractivity contribution is 7.89. The molecule has 9 heteroatoms. The van der Waals surface area contributed by atoms with Crippen molar-refractivity contribution in [3.63, 3.8) is 0 Å². The van der Waals surface area contributed by atoms with Gasteiger partial charge in [-0.25, -0.2) is 13.2 Å². The second kappa shape index (κ2) is 8.84. The van der Waals surface area contributed by atoms with Crippen molar-refractivity contribution in [1.82, 2.24) is 9.62 Å². The molecule has 0 saturated carbocycles. The first-order valence-electron chi connectivity index (χ1n) is 10.6. The molecule has 0 radical (unpaired) electrons. The van der Waals surface area contributed by atoms with Crippen molar-refractivity contribution >= 4 is 21.9 Å². The first kappa shape index (κ1) is 21.6. The third-order valence-corrected chi connectivity index (χ3v) is 7.60. The maximum Gasteiger partial charge on any atom is 0.374 e. The van der Waals surface area contributed by atoms with Crippen LogP contribution in [0.2, 0.25) is 0 Å². The van der Waals surface area contributed by atoms with Gasteiger partial charge in [0.05, 0.1) is 12.6 Å². The zero-order chi connectivity index (χ0) is 22.0. The van der Waals surface area contributed by atoms with Gasteiger partial charge in [-0.15, -0.1) is 0 Å². The van der Waals surface area contributed by atoms with Crippen LogP contribution in [0.25, 0.3) is 0 Å². The number of fused-ring (bicyclic) bond motifs is 1. The molecule has 2 atom stereocenters. The molecule has 1 aromatic carbocycles. The molecule has 1 N–H and O–H groups in total. The molecule has 1 aliphatic carbocycles. The number of esters is 1. The number of rotatable bonds is 6. The van der Waals surface area contributed by atoms with Gasteiger partial charge >= 0.3 is 5.97 Å². The topological polar surface area (TPSA) is 106 Å². The first-order chi connectivity index (χ1) is 14.9. The second-order valence-corrected chi connectivity index (χ2v) is 9.59. The predicted octanol–water partition coefficient (Wildman–Crippen LogP) is 2.80. The number of nitrogens with zero attached hydrogens (tertiary/aromatic N) is 1. The summed E-state index contributed by atoms with van der Waals surface area (Å²) in [4.78, 5) is 24.9. The normalized spacial score (nSPS) is 21.5. The predicted molar refractivity (Wildman–Crippen MR) is 112 cm³/mol. The molecule has 1 saturated heterocycles. The van der Waals surface area contributed by atoms with E-state index in [-0.39, 0.29) is 36.0 Å². The fourth-order valence-corrected chi connectivity index (χ4v) is 5.92. The van der Waals surface area contributed by atoms with Crippen molar-refractivity contribution in [2.45, 2.75) is 56.2 Å². The molecule has 166 valence electrons. The van der Waals surface area contributed by atoms with Crippen LogP contribution in [-0.4, -0.2) is 43.8 Å². The van der Waals surface area contributed by atoms with Gasteiger partial charge in [0.25, 0.3) is 10.0 Å². The molecule has 4 rings (SSSR count). The Labute approximate surface area is 181 Å². The number of nitrogens with one attached hydrogen (secondary N) is 1. The van der Waals surface area contributed by atoms with E-state index in [0.717, 1.165) is 24.8 Å². The minimum Gasteiger partial charge on any atom is -0.460 e. The maximum absolute atomic E-state index is 13.1. The zero-order valence-electron chi connectivity index (χ0n) is 17.4. The number of hydrogen-bond donors (Lipinski definition) is 1. The average Bonchev–Trinajstić information content (AvgIpc) is 3.45. The van der Waals surface area contributed by atoms with E-state index >= 15 is 0 Å². The van der Waals surface area contributed by atoms with Crippen molar-refractivity contribution in [2.24, 2.45) is 0 Å². The van der Waals surface area contributed by atoms with Crippen LogP contribution in [0.4, 0.5) is 0 Å². The number of ether oxygens (including phenoxy) is 1. The molecule has 2 aliphatic rings. The lowest BCUT2D eigenvalue weighted by Crippen LogP contribution is -2.47. The molecule has 2 heterocycles. The van der Waals surface area contributed by atoms with E-state index in [1.165, 1.54) is 22.0 Å². The van der Waals surface area contributed by atoms with Crippen LogP contribution in [0, 0.1) is 0 Å². The molecule has 1 amide bonds. The lowest BCUT2D eigenvalue weighted by atomic mass is 9.87. The summed E-state index contributed by atoms with van der Waals surface area (Å²) in [6.07, 6.45) is 3.78. The van der Waals surface area contributed by atoms with Crippen molar-refractivity contribution in [3.05, 3.63) is 53.3 Å². The molecule has 0 unspecified atom stereocenters. The second-order valence-electron chi connectivity index (χ2n) is 7.77. The molecule has 1 aliphatic heterocycles. The van der Waals surface area contributed by atoms with Crippen molar-refractivity contribution in [1.29, 1.82) is 0 Å². The molecule has 0 spiro atoms. The number of hydrogen-bond acceptors (Lipinski definition) is 6. The third-order valence-electron chi connectivity index (χ3n) is 5.81.